The van der Waals surface area contributed by atoms with Crippen molar-refractivity contribution in [1.82, 2.24) is 24.8 Å². The number of fused-ring (bicyclic) bond motifs is 3. The van der Waals surface area contributed by atoms with E-state index < -0.39 is 0 Å². The maximum Gasteiger partial charge on any atom is 0.253 e. The van der Waals surface area contributed by atoms with Gasteiger partial charge in [-0.1, -0.05) is 23.4 Å². The second kappa shape index (κ2) is 7.05. The van der Waals surface area contributed by atoms with Crippen LogP contribution in [-0.4, -0.2) is 69.0 Å². The van der Waals surface area contributed by atoms with Crippen LogP contribution in [0.15, 0.2) is 36.5 Å². The first kappa shape index (κ1) is 16.9. The number of likely N-dealkylation sites (tertiary alicyclic amines) is 2. The number of nitrogens with zero attached hydrogens (tertiary/aromatic N) is 5. The van der Waals surface area contributed by atoms with Crippen LogP contribution in [0.3, 0.4) is 0 Å². The molecule has 1 aromatic heterocycles. The largest absolute Gasteiger partial charge is 0.370 e. The molecular formula is C20H25N5O2. The van der Waals surface area contributed by atoms with Gasteiger partial charge in [0.2, 0.25) is 0 Å². The van der Waals surface area contributed by atoms with E-state index in [1.54, 1.807) is 0 Å². The summed E-state index contributed by atoms with van der Waals surface area (Å²) >= 11 is 0. The minimum Gasteiger partial charge on any atom is -0.370 e. The monoisotopic (exact) mass is 367 g/mol. The molecule has 2 aromatic rings. The van der Waals surface area contributed by atoms with E-state index in [0.29, 0.717) is 12.6 Å². The van der Waals surface area contributed by atoms with Crippen LogP contribution in [-0.2, 0) is 11.3 Å². The molecule has 4 heterocycles. The third-order valence-corrected chi connectivity index (χ3v) is 6.25. The van der Waals surface area contributed by atoms with Crippen molar-refractivity contribution in [1.29, 1.82) is 0 Å². The Balaban J connectivity index is 1.21. The summed E-state index contributed by atoms with van der Waals surface area (Å²) in [5, 5.41) is 8.36. The molecule has 0 aliphatic carbocycles. The Morgan fingerprint density at radius 2 is 1.89 bits per heavy atom. The summed E-state index contributed by atoms with van der Waals surface area (Å²) in [6, 6.07) is 10.4. The second-order valence-corrected chi connectivity index (χ2v) is 7.76. The van der Waals surface area contributed by atoms with Crippen molar-refractivity contribution in [3.05, 3.63) is 47.8 Å². The lowest BCUT2D eigenvalue weighted by atomic mass is 9.95. The molecule has 5 rings (SSSR count). The Bertz CT molecular complexity index is 800. The van der Waals surface area contributed by atoms with Crippen LogP contribution in [0.1, 0.15) is 41.4 Å². The van der Waals surface area contributed by atoms with Crippen molar-refractivity contribution in [2.45, 2.75) is 44.1 Å². The van der Waals surface area contributed by atoms with Gasteiger partial charge in [-0.2, -0.15) is 0 Å². The van der Waals surface area contributed by atoms with Gasteiger partial charge in [-0.3, -0.25) is 9.69 Å². The summed E-state index contributed by atoms with van der Waals surface area (Å²) in [5.41, 5.74) is 1.86. The molecule has 2 saturated heterocycles. The van der Waals surface area contributed by atoms with Gasteiger partial charge in [-0.25, -0.2) is 4.68 Å². The third-order valence-electron chi connectivity index (χ3n) is 6.25. The number of aromatic nitrogens is 3. The maximum atomic E-state index is 12.7. The van der Waals surface area contributed by atoms with E-state index in [1.165, 1.54) is 0 Å². The Morgan fingerprint density at radius 1 is 1.07 bits per heavy atom. The lowest BCUT2D eigenvalue weighted by Crippen LogP contribution is -2.54. The number of carbonyl (C=O) groups excluding carboxylic acids is 1. The fraction of sp³-hybridized carbons (Fsp3) is 0.550. The number of ether oxygens (including phenoxy) is 1. The molecule has 3 aliphatic rings. The molecule has 0 spiro atoms. The minimum absolute atomic E-state index is 0.153. The second-order valence-electron chi connectivity index (χ2n) is 7.76. The Morgan fingerprint density at radius 3 is 2.70 bits per heavy atom. The van der Waals surface area contributed by atoms with Crippen LogP contribution in [0.25, 0.3) is 0 Å². The fourth-order valence-corrected chi connectivity index (χ4v) is 4.73. The molecule has 0 saturated carbocycles. The number of hydrogen-bond donors (Lipinski definition) is 0. The number of piperidine rings is 2. The van der Waals surface area contributed by atoms with Gasteiger partial charge < -0.3 is 9.64 Å². The first-order valence-corrected chi connectivity index (χ1v) is 9.88. The van der Waals surface area contributed by atoms with Crippen LogP contribution >= 0.6 is 0 Å². The molecule has 1 aromatic carbocycles. The summed E-state index contributed by atoms with van der Waals surface area (Å²) in [7, 11) is 0. The average Bonchev–Trinajstić information content (AvgIpc) is 3.23. The van der Waals surface area contributed by atoms with Crippen LogP contribution in [0, 0.1) is 0 Å². The van der Waals surface area contributed by atoms with Gasteiger partial charge in [0.1, 0.15) is 0 Å². The molecular weight excluding hydrogens is 342 g/mol. The summed E-state index contributed by atoms with van der Waals surface area (Å²) in [6.07, 6.45) is 5.15. The first-order chi connectivity index (χ1) is 13.3. The van der Waals surface area contributed by atoms with E-state index in [9.17, 15) is 4.79 Å². The van der Waals surface area contributed by atoms with Crippen molar-refractivity contribution in [3.8, 4) is 0 Å². The fourth-order valence-electron chi connectivity index (χ4n) is 4.73. The topological polar surface area (TPSA) is 63.5 Å². The van der Waals surface area contributed by atoms with Gasteiger partial charge in [0.15, 0.2) is 0 Å². The standard InChI is InChI=1S/C20H25N5O2/c26-20(15-4-2-1-3-5-15)23-9-6-16(7-10-23)24-11-8-19-18(13-24)25-17(14-27-19)12-21-22-25/h1-5,12,16,18-19H,6-11,13-14H2. The zero-order valence-corrected chi connectivity index (χ0v) is 15.4. The smallest absolute Gasteiger partial charge is 0.253 e. The van der Waals surface area contributed by atoms with Crippen LogP contribution in [0.2, 0.25) is 0 Å². The molecule has 7 heteroatoms. The molecule has 0 N–H and O–H groups in total. The van der Waals surface area contributed by atoms with E-state index in [1.807, 2.05) is 41.4 Å². The van der Waals surface area contributed by atoms with Crippen LogP contribution in [0.5, 0.6) is 0 Å². The van der Waals surface area contributed by atoms with Crippen molar-refractivity contribution < 1.29 is 9.53 Å². The zero-order valence-electron chi connectivity index (χ0n) is 15.4. The highest BCUT2D eigenvalue weighted by Crippen LogP contribution is 2.32. The number of hydrogen-bond acceptors (Lipinski definition) is 5. The molecule has 27 heavy (non-hydrogen) atoms. The quantitative estimate of drug-likeness (QED) is 0.809. The number of carbonyl (C=O) groups is 1. The summed E-state index contributed by atoms with van der Waals surface area (Å²) < 4.78 is 8.08. The highest BCUT2D eigenvalue weighted by molar-refractivity contribution is 5.94. The van der Waals surface area contributed by atoms with Gasteiger partial charge in [-0.05, 0) is 31.4 Å². The Labute approximate surface area is 158 Å². The highest BCUT2D eigenvalue weighted by atomic mass is 16.5. The van der Waals surface area contributed by atoms with E-state index in [4.69, 9.17) is 4.74 Å². The molecule has 1 amide bonds. The van der Waals surface area contributed by atoms with E-state index in [0.717, 1.165) is 56.7 Å². The highest BCUT2D eigenvalue weighted by Gasteiger charge is 2.39. The summed E-state index contributed by atoms with van der Waals surface area (Å²) in [6.45, 7) is 4.29. The van der Waals surface area contributed by atoms with Gasteiger partial charge in [-0.15, -0.1) is 5.10 Å². The third kappa shape index (κ3) is 3.15. The summed E-state index contributed by atoms with van der Waals surface area (Å²) in [5.74, 6) is 0.153. The minimum atomic E-state index is 0.153. The number of amides is 1. The Hall–Kier alpha value is -2.25. The molecule has 0 radical (unpaired) electrons. The lowest BCUT2D eigenvalue weighted by molar-refractivity contribution is -0.0757. The molecule has 0 bridgehead atoms. The Kier molecular flexibility index (Phi) is 4.41. The van der Waals surface area contributed by atoms with Crippen molar-refractivity contribution in [2.24, 2.45) is 0 Å². The zero-order chi connectivity index (χ0) is 18.2. The first-order valence-electron chi connectivity index (χ1n) is 9.88. The van der Waals surface area contributed by atoms with E-state index >= 15 is 0 Å². The molecule has 3 aliphatic heterocycles. The summed E-state index contributed by atoms with van der Waals surface area (Å²) in [4.78, 5) is 17.2. The van der Waals surface area contributed by atoms with Gasteiger partial charge in [0.25, 0.3) is 5.91 Å². The predicted octanol–water partition coefficient (Wildman–Crippen LogP) is 1.73. The van der Waals surface area contributed by atoms with E-state index in [-0.39, 0.29) is 18.1 Å². The van der Waals surface area contributed by atoms with Gasteiger partial charge >= 0.3 is 0 Å². The normalized spacial score (nSPS) is 26.4. The van der Waals surface area contributed by atoms with Crippen molar-refractivity contribution in [2.75, 3.05) is 26.2 Å². The molecule has 142 valence electrons. The average molecular weight is 367 g/mol. The predicted molar refractivity (Wildman–Crippen MR) is 99.2 cm³/mol. The van der Waals surface area contributed by atoms with Gasteiger partial charge in [0.05, 0.1) is 30.6 Å². The van der Waals surface area contributed by atoms with Crippen LogP contribution < -0.4 is 0 Å². The van der Waals surface area contributed by atoms with Crippen molar-refractivity contribution >= 4 is 5.91 Å². The lowest BCUT2D eigenvalue weighted by Gasteiger charge is -2.46. The van der Waals surface area contributed by atoms with Crippen molar-refractivity contribution in [3.63, 3.8) is 0 Å². The molecule has 7 nitrogen and oxygen atoms in total. The number of rotatable bonds is 2. The molecule has 2 atom stereocenters. The van der Waals surface area contributed by atoms with E-state index in [2.05, 4.69) is 19.9 Å². The SMILES string of the molecule is O=C(c1ccccc1)N1CCC(N2CCC3OCc4cnnn4C3C2)CC1. The molecule has 2 fully saturated rings. The molecule has 2 unspecified atom stereocenters. The van der Waals surface area contributed by atoms with Crippen LogP contribution in [0.4, 0.5) is 0 Å². The maximum absolute atomic E-state index is 12.7. The van der Waals surface area contributed by atoms with Gasteiger partial charge in [0, 0.05) is 37.8 Å². The number of benzene rings is 1.